The van der Waals surface area contributed by atoms with E-state index < -0.39 is 10.2 Å². The highest BCUT2D eigenvalue weighted by atomic mass is 32.2. The monoisotopic (exact) mass is 317 g/mol. The maximum Gasteiger partial charge on any atom is 0.279 e. The Hall–Kier alpha value is -0.170. The van der Waals surface area contributed by atoms with Crippen LogP contribution in [0.3, 0.4) is 0 Å². The molecular formula is C15H31N3O2S. The van der Waals surface area contributed by atoms with Gasteiger partial charge in [-0.05, 0) is 50.0 Å². The third-order valence-corrected chi connectivity index (χ3v) is 6.31. The first-order valence-electron chi connectivity index (χ1n) is 8.30. The van der Waals surface area contributed by atoms with Crippen molar-refractivity contribution in [1.82, 2.24) is 14.3 Å². The van der Waals surface area contributed by atoms with Crippen LogP contribution >= 0.6 is 0 Å². The molecule has 0 amide bonds. The summed E-state index contributed by atoms with van der Waals surface area (Å²) in [5.74, 6) is 0.454. The van der Waals surface area contributed by atoms with Crippen LogP contribution in [0, 0.1) is 11.3 Å². The molecule has 0 aromatic rings. The second kappa shape index (κ2) is 6.94. The van der Waals surface area contributed by atoms with E-state index in [0.717, 1.165) is 25.8 Å². The second-order valence-corrected chi connectivity index (χ2v) is 9.15. The molecule has 1 aliphatic heterocycles. The molecule has 1 saturated carbocycles. The fourth-order valence-corrected chi connectivity index (χ4v) is 4.07. The minimum absolute atomic E-state index is 0.00971. The Labute approximate surface area is 130 Å². The number of hydrogen-bond donors (Lipinski definition) is 2. The minimum Gasteiger partial charge on any atom is -0.314 e. The summed E-state index contributed by atoms with van der Waals surface area (Å²) in [5, 5.41) is 3.52. The lowest BCUT2D eigenvalue weighted by atomic mass is 9.91. The van der Waals surface area contributed by atoms with Gasteiger partial charge < -0.3 is 5.32 Å². The fraction of sp³-hybridized carbons (Fsp3) is 1.00. The van der Waals surface area contributed by atoms with Gasteiger partial charge in [0, 0.05) is 25.7 Å². The lowest BCUT2D eigenvalue weighted by molar-refractivity contribution is 0.254. The Balaban J connectivity index is 1.83. The van der Waals surface area contributed by atoms with E-state index in [4.69, 9.17) is 0 Å². The highest BCUT2D eigenvalue weighted by Crippen LogP contribution is 2.23. The Morgan fingerprint density at radius 3 is 2.57 bits per heavy atom. The number of nitrogens with one attached hydrogen (secondary N) is 2. The van der Waals surface area contributed by atoms with Crippen LogP contribution in [0.15, 0.2) is 0 Å². The number of nitrogens with zero attached hydrogens (tertiary/aromatic N) is 1. The van der Waals surface area contributed by atoms with Gasteiger partial charge in [0.05, 0.1) is 0 Å². The normalized spacial score (nSPS) is 25.2. The molecule has 6 heteroatoms. The van der Waals surface area contributed by atoms with E-state index in [9.17, 15) is 8.42 Å². The summed E-state index contributed by atoms with van der Waals surface area (Å²) in [6.45, 7) is 9.05. The zero-order valence-electron chi connectivity index (χ0n) is 13.7. The molecule has 2 fully saturated rings. The maximum atomic E-state index is 12.4. The van der Waals surface area contributed by atoms with E-state index in [1.807, 2.05) is 0 Å². The second-order valence-electron chi connectivity index (χ2n) is 7.39. The molecule has 1 aliphatic carbocycles. The Morgan fingerprint density at radius 2 is 1.95 bits per heavy atom. The van der Waals surface area contributed by atoms with Crippen LogP contribution in [0.2, 0.25) is 0 Å². The van der Waals surface area contributed by atoms with Crippen LogP contribution in [-0.2, 0) is 10.2 Å². The summed E-state index contributed by atoms with van der Waals surface area (Å²) >= 11 is 0. The van der Waals surface area contributed by atoms with Crippen molar-refractivity contribution in [1.29, 1.82) is 0 Å². The highest BCUT2D eigenvalue weighted by Gasteiger charge is 2.31. The molecule has 2 rings (SSSR count). The van der Waals surface area contributed by atoms with Crippen LogP contribution in [-0.4, -0.2) is 44.9 Å². The van der Waals surface area contributed by atoms with Crippen LogP contribution in [0.1, 0.15) is 52.9 Å². The zero-order valence-corrected chi connectivity index (χ0v) is 14.5. The van der Waals surface area contributed by atoms with E-state index in [-0.39, 0.29) is 5.41 Å². The summed E-state index contributed by atoms with van der Waals surface area (Å²) < 4.78 is 29.3. The van der Waals surface area contributed by atoms with Gasteiger partial charge in [-0.2, -0.15) is 12.7 Å². The highest BCUT2D eigenvalue weighted by molar-refractivity contribution is 7.87. The van der Waals surface area contributed by atoms with Gasteiger partial charge in [0.1, 0.15) is 0 Å². The van der Waals surface area contributed by atoms with Gasteiger partial charge in [-0.15, -0.1) is 0 Å². The van der Waals surface area contributed by atoms with Gasteiger partial charge in [0.15, 0.2) is 0 Å². The Bertz CT molecular complexity index is 432. The molecule has 0 bridgehead atoms. The van der Waals surface area contributed by atoms with Crippen molar-refractivity contribution in [2.75, 3.05) is 26.2 Å². The van der Waals surface area contributed by atoms with Gasteiger partial charge in [0.25, 0.3) is 10.2 Å². The molecule has 1 atom stereocenters. The number of rotatable bonds is 8. The topological polar surface area (TPSA) is 61.4 Å². The molecule has 0 radical (unpaired) electrons. The minimum atomic E-state index is -3.33. The van der Waals surface area contributed by atoms with Crippen molar-refractivity contribution < 1.29 is 8.42 Å². The average molecular weight is 317 g/mol. The molecule has 0 aromatic heterocycles. The van der Waals surface area contributed by atoms with Crippen molar-refractivity contribution in [2.45, 2.75) is 58.9 Å². The van der Waals surface area contributed by atoms with Crippen molar-refractivity contribution in [3.05, 3.63) is 0 Å². The quantitative estimate of drug-likeness (QED) is 0.716. The van der Waals surface area contributed by atoms with Gasteiger partial charge >= 0.3 is 0 Å². The molecule has 21 heavy (non-hydrogen) atoms. The van der Waals surface area contributed by atoms with E-state index in [2.05, 4.69) is 30.8 Å². The van der Waals surface area contributed by atoms with E-state index in [0.29, 0.717) is 31.6 Å². The Morgan fingerprint density at radius 1 is 1.24 bits per heavy atom. The molecular weight excluding hydrogens is 286 g/mol. The molecule has 1 heterocycles. The number of hydrogen-bond acceptors (Lipinski definition) is 3. The first-order chi connectivity index (χ1) is 9.82. The SMILES string of the molecule is CCC(C)(C)CNS(=O)(=O)N1CCCC(CNC2CC2)C1. The summed E-state index contributed by atoms with van der Waals surface area (Å²) in [7, 11) is -3.33. The Kier molecular flexibility index (Phi) is 5.68. The lowest BCUT2D eigenvalue weighted by Crippen LogP contribution is -2.49. The van der Waals surface area contributed by atoms with E-state index >= 15 is 0 Å². The van der Waals surface area contributed by atoms with E-state index in [1.165, 1.54) is 12.8 Å². The van der Waals surface area contributed by atoms with Crippen molar-refractivity contribution in [3.8, 4) is 0 Å². The van der Waals surface area contributed by atoms with Crippen LogP contribution in [0.25, 0.3) is 0 Å². The van der Waals surface area contributed by atoms with Crippen LogP contribution in [0.4, 0.5) is 0 Å². The largest absolute Gasteiger partial charge is 0.314 e. The predicted octanol–water partition coefficient (Wildman–Crippen LogP) is 1.72. The smallest absolute Gasteiger partial charge is 0.279 e. The van der Waals surface area contributed by atoms with Gasteiger partial charge in [0.2, 0.25) is 0 Å². The van der Waals surface area contributed by atoms with Crippen molar-refractivity contribution in [2.24, 2.45) is 11.3 Å². The first kappa shape index (κ1) is 17.2. The third-order valence-electron chi connectivity index (χ3n) is 4.78. The molecule has 1 saturated heterocycles. The molecule has 0 spiro atoms. The summed E-state index contributed by atoms with van der Waals surface area (Å²) in [4.78, 5) is 0. The van der Waals surface area contributed by atoms with Gasteiger partial charge in [-0.1, -0.05) is 20.8 Å². The molecule has 2 aliphatic rings. The third kappa shape index (κ3) is 5.51. The first-order valence-corrected chi connectivity index (χ1v) is 9.74. The zero-order chi connectivity index (χ0) is 15.5. The molecule has 0 aromatic carbocycles. The molecule has 124 valence electrons. The van der Waals surface area contributed by atoms with Crippen LogP contribution in [0.5, 0.6) is 0 Å². The van der Waals surface area contributed by atoms with Crippen molar-refractivity contribution in [3.63, 3.8) is 0 Å². The van der Waals surface area contributed by atoms with Crippen LogP contribution < -0.4 is 10.0 Å². The summed E-state index contributed by atoms with van der Waals surface area (Å²) in [5.41, 5.74) is 0.00971. The molecule has 1 unspecified atom stereocenters. The van der Waals surface area contributed by atoms with Gasteiger partial charge in [-0.3, -0.25) is 0 Å². The number of piperidine rings is 1. The van der Waals surface area contributed by atoms with Crippen molar-refractivity contribution >= 4 is 10.2 Å². The molecule has 5 nitrogen and oxygen atoms in total. The standard InChI is InChI=1S/C15H31N3O2S/c1-4-15(2,3)12-17-21(19,20)18-9-5-6-13(11-18)10-16-14-7-8-14/h13-14,16-17H,4-12H2,1-3H3. The molecule has 2 N–H and O–H groups in total. The summed E-state index contributed by atoms with van der Waals surface area (Å²) in [6, 6.07) is 0.695. The average Bonchev–Trinajstić information content (AvgIpc) is 3.28. The predicted molar refractivity (Wildman–Crippen MR) is 86.3 cm³/mol. The van der Waals surface area contributed by atoms with E-state index in [1.54, 1.807) is 4.31 Å². The summed E-state index contributed by atoms with van der Waals surface area (Å²) in [6.07, 6.45) is 5.62. The maximum absolute atomic E-state index is 12.4. The van der Waals surface area contributed by atoms with Gasteiger partial charge in [-0.25, -0.2) is 4.72 Å². The lowest BCUT2D eigenvalue weighted by Gasteiger charge is -2.33. The fourth-order valence-electron chi connectivity index (χ4n) is 2.54.